The predicted molar refractivity (Wildman–Crippen MR) is 61.4 cm³/mol. The average molecular weight is 228 g/mol. The lowest BCUT2D eigenvalue weighted by Gasteiger charge is -2.16. The predicted octanol–water partition coefficient (Wildman–Crippen LogP) is 1.96. The molecule has 0 atom stereocenters. The van der Waals surface area contributed by atoms with Crippen LogP contribution in [0.3, 0.4) is 0 Å². The SMILES string of the molecule is N=C1c2cc(F)ccc2CN1c1cncnc1. The molecule has 3 rings (SSSR count). The summed E-state index contributed by atoms with van der Waals surface area (Å²) in [5.41, 5.74) is 2.32. The van der Waals surface area contributed by atoms with E-state index in [0.29, 0.717) is 12.1 Å². The Hall–Kier alpha value is -2.30. The van der Waals surface area contributed by atoms with E-state index >= 15 is 0 Å². The van der Waals surface area contributed by atoms with Crippen LogP contribution in [0, 0.1) is 11.2 Å². The zero-order valence-corrected chi connectivity index (χ0v) is 8.89. The van der Waals surface area contributed by atoms with Crippen LogP contribution in [-0.4, -0.2) is 15.8 Å². The molecule has 0 unspecified atom stereocenters. The minimum Gasteiger partial charge on any atom is -0.319 e. The second-order valence-electron chi connectivity index (χ2n) is 3.83. The molecule has 0 saturated carbocycles. The highest BCUT2D eigenvalue weighted by Gasteiger charge is 2.25. The molecule has 0 saturated heterocycles. The van der Waals surface area contributed by atoms with Gasteiger partial charge in [0.25, 0.3) is 0 Å². The fraction of sp³-hybridized carbons (Fsp3) is 0.0833. The van der Waals surface area contributed by atoms with E-state index in [9.17, 15) is 4.39 Å². The van der Waals surface area contributed by atoms with Gasteiger partial charge in [-0.05, 0) is 17.7 Å². The van der Waals surface area contributed by atoms with Crippen LogP contribution in [0.2, 0.25) is 0 Å². The van der Waals surface area contributed by atoms with Crippen LogP contribution >= 0.6 is 0 Å². The molecular formula is C12H9FN4. The van der Waals surface area contributed by atoms with Gasteiger partial charge in [-0.15, -0.1) is 0 Å². The largest absolute Gasteiger partial charge is 0.319 e. The summed E-state index contributed by atoms with van der Waals surface area (Å²) in [5, 5.41) is 8.03. The van der Waals surface area contributed by atoms with Crippen molar-refractivity contribution in [2.24, 2.45) is 0 Å². The normalized spacial score (nSPS) is 13.9. The quantitative estimate of drug-likeness (QED) is 0.811. The third-order valence-electron chi connectivity index (χ3n) is 2.78. The summed E-state index contributed by atoms with van der Waals surface area (Å²) in [6, 6.07) is 4.52. The molecule has 2 heterocycles. The highest BCUT2D eigenvalue weighted by Crippen LogP contribution is 2.27. The number of halogens is 1. The molecule has 1 aliphatic rings. The van der Waals surface area contributed by atoms with Crippen molar-refractivity contribution in [3.8, 4) is 0 Å². The van der Waals surface area contributed by atoms with Gasteiger partial charge < -0.3 is 4.90 Å². The van der Waals surface area contributed by atoms with E-state index in [1.165, 1.54) is 18.5 Å². The summed E-state index contributed by atoms with van der Waals surface area (Å²) in [6.07, 6.45) is 4.73. The van der Waals surface area contributed by atoms with Gasteiger partial charge in [0.1, 0.15) is 18.0 Å². The van der Waals surface area contributed by atoms with Gasteiger partial charge in [-0.1, -0.05) is 6.07 Å². The minimum atomic E-state index is -0.320. The molecule has 1 N–H and O–H groups in total. The summed E-state index contributed by atoms with van der Waals surface area (Å²) in [5.74, 6) is -0.0334. The van der Waals surface area contributed by atoms with Gasteiger partial charge in [-0.25, -0.2) is 14.4 Å². The Labute approximate surface area is 97.3 Å². The minimum absolute atomic E-state index is 0.286. The number of benzene rings is 1. The maximum absolute atomic E-state index is 13.1. The Morgan fingerprint density at radius 2 is 2.00 bits per heavy atom. The molecule has 84 valence electrons. The van der Waals surface area contributed by atoms with Crippen LogP contribution in [0.5, 0.6) is 0 Å². The third-order valence-corrected chi connectivity index (χ3v) is 2.78. The van der Waals surface area contributed by atoms with Crippen molar-refractivity contribution in [2.75, 3.05) is 4.90 Å². The summed E-state index contributed by atoms with van der Waals surface area (Å²) in [6.45, 7) is 0.557. The summed E-state index contributed by atoms with van der Waals surface area (Å²) < 4.78 is 13.1. The van der Waals surface area contributed by atoms with Gasteiger partial charge in [-0.2, -0.15) is 0 Å². The molecule has 5 heteroatoms. The van der Waals surface area contributed by atoms with Crippen LogP contribution in [0.4, 0.5) is 10.1 Å². The van der Waals surface area contributed by atoms with E-state index in [0.717, 1.165) is 11.3 Å². The lowest BCUT2D eigenvalue weighted by molar-refractivity contribution is 0.627. The number of rotatable bonds is 1. The Bertz CT molecular complexity index is 582. The number of fused-ring (bicyclic) bond motifs is 1. The standard InChI is InChI=1S/C12H9FN4/c13-9-2-1-8-6-17(12(14)11(8)3-9)10-4-15-7-16-5-10/h1-5,7,14H,6H2. The van der Waals surface area contributed by atoms with E-state index < -0.39 is 0 Å². The fourth-order valence-electron chi connectivity index (χ4n) is 1.95. The van der Waals surface area contributed by atoms with E-state index in [4.69, 9.17) is 5.41 Å². The maximum Gasteiger partial charge on any atom is 0.133 e. The van der Waals surface area contributed by atoms with E-state index in [-0.39, 0.29) is 11.7 Å². The van der Waals surface area contributed by atoms with Crippen molar-refractivity contribution in [3.63, 3.8) is 0 Å². The highest BCUT2D eigenvalue weighted by atomic mass is 19.1. The van der Waals surface area contributed by atoms with E-state index in [2.05, 4.69) is 9.97 Å². The maximum atomic E-state index is 13.1. The van der Waals surface area contributed by atoms with Crippen LogP contribution in [0.15, 0.2) is 36.9 Å². The molecule has 4 nitrogen and oxygen atoms in total. The van der Waals surface area contributed by atoms with Crippen LogP contribution in [0.1, 0.15) is 11.1 Å². The molecule has 0 bridgehead atoms. The first-order valence-corrected chi connectivity index (χ1v) is 5.15. The lowest BCUT2D eigenvalue weighted by atomic mass is 10.1. The number of nitrogens with zero attached hydrogens (tertiary/aromatic N) is 3. The van der Waals surface area contributed by atoms with Crippen molar-refractivity contribution in [3.05, 3.63) is 53.9 Å². The molecule has 0 amide bonds. The Morgan fingerprint density at radius 1 is 1.24 bits per heavy atom. The van der Waals surface area contributed by atoms with Gasteiger partial charge in [0.2, 0.25) is 0 Å². The van der Waals surface area contributed by atoms with Crippen LogP contribution < -0.4 is 4.90 Å². The van der Waals surface area contributed by atoms with Gasteiger partial charge in [0.05, 0.1) is 24.6 Å². The number of nitrogens with one attached hydrogen (secondary N) is 1. The molecule has 1 aliphatic heterocycles. The zero-order valence-electron chi connectivity index (χ0n) is 8.89. The molecule has 1 aromatic heterocycles. The van der Waals surface area contributed by atoms with Crippen molar-refractivity contribution in [2.45, 2.75) is 6.54 Å². The van der Waals surface area contributed by atoms with Crippen molar-refractivity contribution in [1.82, 2.24) is 9.97 Å². The molecular weight excluding hydrogens is 219 g/mol. The second kappa shape index (κ2) is 3.62. The fourth-order valence-corrected chi connectivity index (χ4v) is 1.95. The Kier molecular flexibility index (Phi) is 2.11. The number of anilines is 1. The van der Waals surface area contributed by atoms with E-state index in [1.807, 2.05) is 0 Å². The average Bonchev–Trinajstić information content (AvgIpc) is 2.68. The smallest absolute Gasteiger partial charge is 0.133 e. The van der Waals surface area contributed by atoms with E-state index in [1.54, 1.807) is 23.4 Å². The number of aromatic nitrogens is 2. The summed E-state index contributed by atoms with van der Waals surface area (Å²) in [7, 11) is 0. The first-order chi connectivity index (χ1) is 8.25. The number of hydrogen-bond acceptors (Lipinski definition) is 3. The molecule has 0 fully saturated rings. The lowest BCUT2D eigenvalue weighted by Crippen LogP contribution is -2.23. The summed E-state index contributed by atoms with van der Waals surface area (Å²) in [4.78, 5) is 9.60. The van der Waals surface area contributed by atoms with Crippen molar-refractivity contribution < 1.29 is 4.39 Å². The van der Waals surface area contributed by atoms with Gasteiger partial charge in [0.15, 0.2) is 0 Å². The number of hydrogen-bond donors (Lipinski definition) is 1. The van der Waals surface area contributed by atoms with Crippen molar-refractivity contribution in [1.29, 1.82) is 5.41 Å². The van der Waals surface area contributed by atoms with Gasteiger partial charge in [-0.3, -0.25) is 5.41 Å². The molecule has 0 radical (unpaired) electrons. The van der Waals surface area contributed by atoms with Crippen LogP contribution in [-0.2, 0) is 6.54 Å². The third kappa shape index (κ3) is 1.56. The molecule has 2 aromatic rings. The summed E-state index contributed by atoms with van der Waals surface area (Å²) >= 11 is 0. The first kappa shape index (κ1) is 9.89. The second-order valence-corrected chi connectivity index (χ2v) is 3.83. The van der Waals surface area contributed by atoms with Gasteiger partial charge in [0, 0.05) is 5.56 Å². The number of amidine groups is 1. The van der Waals surface area contributed by atoms with Crippen LogP contribution in [0.25, 0.3) is 0 Å². The van der Waals surface area contributed by atoms with Crippen molar-refractivity contribution >= 4 is 11.5 Å². The highest BCUT2D eigenvalue weighted by molar-refractivity contribution is 6.11. The monoisotopic (exact) mass is 228 g/mol. The molecule has 0 aliphatic carbocycles. The molecule has 1 aromatic carbocycles. The first-order valence-electron chi connectivity index (χ1n) is 5.15. The molecule has 17 heavy (non-hydrogen) atoms. The Balaban J connectivity index is 2.02. The topological polar surface area (TPSA) is 52.9 Å². The van der Waals surface area contributed by atoms with Gasteiger partial charge >= 0.3 is 0 Å². The molecule has 0 spiro atoms. The Morgan fingerprint density at radius 3 is 2.76 bits per heavy atom. The zero-order chi connectivity index (χ0) is 11.8.